The van der Waals surface area contributed by atoms with Gasteiger partial charge in [-0.15, -0.1) is 0 Å². The largest absolute Gasteiger partial charge is 0.324 e. The maximum Gasteiger partial charge on any atom is 0.162 e. The van der Waals surface area contributed by atoms with Gasteiger partial charge in [0.15, 0.2) is 11.6 Å². The lowest BCUT2D eigenvalue weighted by Crippen LogP contribution is -2.00. The van der Waals surface area contributed by atoms with Gasteiger partial charge in [0.1, 0.15) is 5.82 Å². The number of aryl methyl sites for hydroxylation is 1. The van der Waals surface area contributed by atoms with E-state index in [2.05, 4.69) is 27.6 Å². The van der Waals surface area contributed by atoms with Crippen molar-refractivity contribution in [2.75, 3.05) is 5.32 Å². The maximum atomic E-state index is 6.05. The van der Waals surface area contributed by atoms with Crippen LogP contribution in [0.15, 0.2) is 73.1 Å². The van der Waals surface area contributed by atoms with Gasteiger partial charge in [-0.1, -0.05) is 11.6 Å². The summed E-state index contributed by atoms with van der Waals surface area (Å²) in [5, 5.41) is 12.1. The number of H-pyrrole nitrogens is 1. The van der Waals surface area contributed by atoms with Crippen molar-refractivity contribution in [2.24, 2.45) is 0 Å². The van der Waals surface area contributed by atoms with Crippen LogP contribution in [0, 0.1) is 6.92 Å². The van der Waals surface area contributed by atoms with Gasteiger partial charge in [0.05, 0.1) is 5.52 Å². The van der Waals surface area contributed by atoms with E-state index in [0.29, 0.717) is 22.5 Å². The van der Waals surface area contributed by atoms with Gasteiger partial charge < -0.3 is 9.88 Å². The number of benzene rings is 2. The topological polar surface area (TPSA) is 71.4 Å². The van der Waals surface area contributed by atoms with Crippen LogP contribution in [0.1, 0.15) is 5.69 Å². The van der Waals surface area contributed by atoms with Gasteiger partial charge in [-0.05, 0) is 61.5 Å². The molecule has 29 heavy (non-hydrogen) atoms. The van der Waals surface area contributed by atoms with Crippen LogP contribution >= 0.6 is 11.6 Å². The average molecular weight is 401 g/mol. The van der Waals surface area contributed by atoms with Crippen LogP contribution in [0.25, 0.3) is 28.0 Å². The van der Waals surface area contributed by atoms with Crippen LogP contribution < -0.4 is 5.32 Å². The van der Waals surface area contributed by atoms with Crippen LogP contribution in [0.3, 0.4) is 0 Å². The highest BCUT2D eigenvalue weighted by molar-refractivity contribution is 6.30. The number of aromatic nitrogens is 5. The second-order valence-corrected chi connectivity index (χ2v) is 7.19. The summed E-state index contributed by atoms with van der Waals surface area (Å²) in [7, 11) is 0. The summed E-state index contributed by atoms with van der Waals surface area (Å²) in [6.45, 7) is 1.96. The molecule has 5 aromatic rings. The molecule has 0 aliphatic carbocycles. The lowest BCUT2D eigenvalue weighted by Gasteiger charge is -2.11. The number of nitrogens with zero attached hydrogens (tertiary/aromatic N) is 4. The van der Waals surface area contributed by atoms with Crippen molar-refractivity contribution in [1.29, 1.82) is 0 Å². The third-order valence-electron chi connectivity index (χ3n) is 4.64. The Hall–Kier alpha value is -3.64. The van der Waals surface area contributed by atoms with Crippen LogP contribution in [-0.2, 0) is 0 Å². The Balaban J connectivity index is 1.68. The second-order valence-electron chi connectivity index (χ2n) is 6.76. The van der Waals surface area contributed by atoms with E-state index in [0.717, 1.165) is 27.8 Å². The summed E-state index contributed by atoms with van der Waals surface area (Å²) in [5.41, 5.74) is 3.73. The van der Waals surface area contributed by atoms with E-state index in [-0.39, 0.29) is 0 Å². The monoisotopic (exact) mass is 400 g/mol. The molecule has 0 bridgehead atoms. The molecule has 0 aliphatic heterocycles. The molecule has 0 aliphatic rings. The first-order valence-electron chi connectivity index (χ1n) is 9.16. The molecule has 3 heterocycles. The van der Waals surface area contributed by atoms with Crippen LogP contribution in [0.2, 0.25) is 5.02 Å². The molecule has 2 N–H and O–H groups in total. The van der Waals surface area contributed by atoms with Crippen LogP contribution in [0.5, 0.6) is 0 Å². The normalized spacial score (nSPS) is 11.1. The molecule has 0 fully saturated rings. The molecule has 0 amide bonds. The van der Waals surface area contributed by atoms with Crippen LogP contribution in [0.4, 0.5) is 11.6 Å². The fourth-order valence-electron chi connectivity index (χ4n) is 3.21. The predicted octanol–water partition coefficient (Wildman–Crippen LogP) is 5.52. The summed E-state index contributed by atoms with van der Waals surface area (Å²) in [6.07, 6.45) is 4.02. The molecule has 0 unspecified atom stereocenters. The molecule has 0 saturated heterocycles. The van der Waals surface area contributed by atoms with E-state index in [1.54, 1.807) is 0 Å². The first kappa shape index (κ1) is 17.5. The fraction of sp³-hybridized carbons (Fsp3) is 0.0455. The highest BCUT2D eigenvalue weighted by atomic mass is 35.5. The predicted molar refractivity (Wildman–Crippen MR) is 116 cm³/mol. The lowest BCUT2D eigenvalue weighted by molar-refractivity contribution is 1.05. The Labute approximate surface area is 172 Å². The Morgan fingerprint density at radius 2 is 1.76 bits per heavy atom. The van der Waals surface area contributed by atoms with Crippen LogP contribution in [-0.4, -0.2) is 24.7 Å². The highest BCUT2D eigenvalue weighted by Crippen LogP contribution is 2.29. The SMILES string of the molecule is Cc1cc(Nc2nc(-c3ccc(Cl)cc3)nc3cc(-n4cccc4)ccc23)n[nH]1. The Morgan fingerprint density at radius 1 is 0.966 bits per heavy atom. The van der Waals surface area contributed by atoms with E-state index < -0.39 is 0 Å². The third-order valence-corrected chi connectivity index (χ3v) is 4.89. The molecular formula is C22H17ClN6. The Morgan fingerprint density at radius 3 is 2.48 bits per heavy atom. The van der Waals surface area contributed by atoms with Gasteiger partial charge >= 0.3 is 0 Å². The molecule has 142 valence electrons. The number of hydrogen-bond acceptors (Lipinski definition) is 4. The van der Waals surface area contributed by atoms with Gasteiger partial charge in [-0.3, -0.25) is 5.10 Å². The zero-order chi connectivity index (χ0) is 19.8. The van der Waals surface area contributed by atoms with Crippen molar-refractivity contribution in [3.05, 3.63) is 83.8 Å². The molecule has 3 aromatic heterocycles. The highest BCUT2D eigenvalue weighted by Gasteiger charge is 2.12. The molecule has 5 rings (SSSR count). The molecule has 0 atom stereocenters. The molecule has 7 heteroatoms. The summed E-state index contributed by atoms with van der Waals surface area (Å²) in [5.74, 6) is 2.03. The Bertz CT molecular complexity index is 1290. The first-order chi connectivity index (χ1) is 14.2. The maximum absolute atomic E-state index is 6.05. The quantitative estimate of drug-likeness (QED) is 0.417. The number of aromatic amines is 1. The number of halogens is 1. The zero-order valence-electron chi connectivity index (χ0n) is 15.6. The molecule has 0 saturated carbocycles. The van der Waals surface area contributed by atoms with E-state index in [1.807, 2.05) is 72.4 Å². The van der Waals surface area contributed by atoms with Crippen molar-refractivity contribution in [3.63, 3.8) is 0 Å². The fourth-order valence-corrected chi connectivity index (χ4v) is 3.34. The minimum absolute atomic E-state index is 0.619. The van der Waals surface area contributed by atoms with Crippen molar-refractivity contribution >= 4 is 34.1 Å². The third kappa shape index (κ3) is 3.46. The molecular weight excluding hydrogens is 384 g/mol. The molecule has 2 aromatic carbocycles. The number of fused-ring (bicyclic) bond motifs is 1. The van der Waals surface area contributed by atoms with Crippen molar-refractivity contribution in [3.8, 4) is 17.1 Å². The molecule has 0 spiro atoms. The standard InChI is InChI=1S/C22H17ClN6/c1-14-12-20(28-27-14)25-22-18-9-8-17(29-10-2-3-11-29)13-19(18)24-21(26-22)15-4-6-16(23)7-5-15/h2-13H,1H3,(H2,24,25,26,27,28). The van der Waals surface area contributed by atoms with Gasteiger partial charge in [0.25, 0.3) is 0 Å². The van der Waals surface area contributed by atoms with Gasteiger partial charge in [-0.2, -0.15) is 5.10 Å². The van der Waals surface area contributed by atoms with E-state index in [1.165, 1.54) is 0 Å². The number of hydrogen-bond donors (Lipinski definition) is 2. The van der Waals surface area contributed by atoms with Gasteiger partial charge in [0, 0.05) is 45.8 Å². The average Bonchev–Trinajstić information content (AvgIpc) is 3.40. The van der Waals surface area contributed by atoms with Crippen molar-refractivity contribution in [1.82, 2.24) is 24.7 Å². The first-order valence-corrected chi connectivity index (χ1v) is 9.54. The van der Waals surface area contributed by atoms with Gasteiger partial charge in [-0.25, -0.2) is 9.97 Å². The molecule has 6 nitrogen and oxygen atoms in total. The second kappa shape index (κ2) is 7.07. The smallest absolute Gasteiger partial charge is 0.162 e. The Kier molecular flexibility index (Phi) is 4.26. The zero-order valence-corrected chi connectivity index (χ0v) is 16.4. The molecule has 0 radical (unpaired) electrons. The van der Waals surface area contributed by atoms with E-state index in [4.69, 9.17) is 21.6 Å². The minimum atomic E-state index is 0.619. The van der Waals surface area contributed by atoms with E-state index in [9.17, 15) is 0 Å². The van der Waals surface area contributed by atoms with Crippen molar-refractivity contribution in [2.45, 2.75) is 6.92 Å². The summed E-state index contributed by atoms with van der Waals surface area (Å²) < 4.78 is 2.05. The summed E-state index contributed by atoms with van der Waals surface area (Å²) in [6, 6.07) is 19.6. The lowest BCUT2D eigenvalue weighted by atomic mass is 10.1. The minimum Gasteiger partial charge on any atom is -0.324 e. The number of rotatable bonds is 4. The van der Waals surface area contributed by atoms with Crippen molar-refractivity contribution < 1.29 is 0 Å². The summed E-state index contributed by atoms with van der Waals surface area (Å²) >= 11 is 6.05. The van der Waals surface area contributed by atoms with E-state index >= 15 is 0 Å². The summed E-state index contributed by atoms with van der Waals surface area (Å²) in [4.78, 5) is 9.59. The number of anilines is 2. The number of nitrogens with one attached hydrogen (secondary N) is 2. The van der Waals surface area contributed by atoms with Gasteiger partial charge in [0.2, 0.25) is 0 Å².